The summed E-state index contributed by atoms with van der Waals surface area (Å²) >= 11 is 3.25. The van der Waals surface area contributed by atoms with Crippen molar-refractivity contribution in [2.24, 2.45) is 0 Å². The molecule has 0 aliphatic carbocycles. The maximum absolute atomic E-state index is 12.0. The first-order valence-electron chi connectivity index (χ1n) is 6.80. The number of hydrogen-bond donors (Lipinski definition) is 1. The summed E-state index contributed by atoms with van der Waals surface area (Å²) in [6.45, 7) is 3.65. The number of benzene rings is 2. The molecule has 2 aromatic carbocycles. The highest BCUT2D eigenvalue weighted by Crippen LogP contribution is 2.27. The first kappa shape index (κ1) is 17.0. The number of nitro benzene ring substituents is 1. The van der Waals surface area contributed by atoms with Crippen molar-refractivity contribution in [3.05, 3.63) is 62.1 Å². The van der Waals surface area contributed by atoms with Crippen LogP contribution in [0.5, 0.6) is 5.75 Å². The van der Waals surface area contributed by atoms with Gasteiger partial charge in [-0.2, -0.15) is 0 Å². The number of anilines is 1. The van der Waals surface area contributed by atoms with Crippen LogP contribution in [0.25, 0.3) is 0 Å². The van der Waals surface area contributed by atoms with Gasteiger partial charge in [-0.25, -0.2) is 0 Å². The Morgan fingerprint density at radius 1 is 1.26 bits per heavy atom. The van der Waals surface area contributed by atoms with Gasteiger partial charge in [0.05, 0.1) is 10.6 Å². The van der Waals surface area contributed by atoms with Gasteiger partial charge in [0.25, 0.3) is 11.6 Å². The molecule has 0 aromatic heterocycles. The lowest BCUT2D eigenvalue weighted by Gasteiger charge is -2.11. The number of nitro groups is 1. The van der Waals surface area contributed by atoms with Gasteiger partial charge < -0.3 is 10.1 Å². The molecule has 0 atom stereocenters. The van der Waals surface area contributed by atoms with E-state index in [1.54, 1.807) is 0 Å². The van der Waals surface area contributed by atoms with Crippen LogP contribution in [0.4, 0.5) is 11.4 Å². The molecule has 0 radical (unpaired) electrons. The smallest absolute Gasteiger partial charge is 0.271 e. The first-order valence-corrected chi connectivity index (χ1v) is 7.60. The molecule has 1 N–H and O–H groups in total. The zero-order chi connectivity index (χ0) is 17.0. The molecular weight excluding hydrogens is 364 g/mol. The quantitative estimate of drug-likeness (QED) is 0.629. The Balaban J connectivity index is 2.04. The highest BCUT2D eigenvalue weighted by molar-refractivity contribution is 9.10. The first-order chi connectivity index (χ1) is 10.9. The summed E-state index contributed by atoms with van der Waals surface area (Å²) in [4.78, 5) is 22.3. The molecule has 0 heterocycles. The van der Waals surface area contributed by atoms with Crippen molar-refractivity contribution >= 4 is 33.2 Å². The average Bonchev–Trinajstić information content (AvgIpc) is 2.50. The van der Waals surface area contributed by atoms with Crippen molar-refractivity contribution in [2.45, 2.75) is 13.8 Å². The van der Waals surface area contributed by atoms with Gasteiger partial charge in [0.1, 0.15) is 5.75 Å². The molecule has 0 aliphatic rings. The molecule has 23 heavy (non-hydrogen) atoms. The molecule has 1 amide bonds. The van der Waals surface area contributed by atoms with E-state index in [4.69, 9.17) is 4.74 Å². The van der Waals surface area contributed by atoms with Crippen LogP contribution in [0.1, 0.15) is 11.1 Å². The zero-order valence-electron chi connectivity index (χ0n) is 12.6. The molecule has 0 unspecified atom stereocenters. The van der Waals surface area contributed by atoms with Gasteiger partial charge in [-0.3, -0.25) is 14.9 Å². The van der Waals surface area contributed by atoms with Crippen molar-refractivity contribution in [3.8, 4) is 5.75 Å². The van der Waals surface area contributed by atoms with Crippen LogP contribution in [-0.4, -0.2) is 17.4 Å². The van der Waals surface area contributed by atoms with E-state index in [2.05, 4.69) is 21.2 Å². The van der Waals surface area contributed by atoms with Crippen molar-refractivity contribution in [3.63, 3.8) is 0 Å². The van der Waals surface area contributed by atoms with Gasteiger partial charge in [-0.15, -0.1) is 0 Å². The van der Waals surface area contributed by atoms with Crippen LogP contribution < -0.4 is 10.1 Å². The zero-order valence-corrected chi connectivity index (χ0v) is 14.2. The average molecular weight is 379 g/mol. The lowest BCUT2D eigenvalue weighted by atomic mass is 10.1. The van der Waals surface area contributed by atoms with Crippen molar-refractivity contribution in [1.82, 2.24) is 0 Å². The van der Waals surface area contributed by atoms with Crippen LogP contribution in [0, 0.1) is 24.0 Å². The molecule has 0 spiro atoms. The number of halogens is 1. The molecule has 0 saturated heterocycles. The van der Waals surface area contributed by atoms with E-state index < -0.39 is 10.8 Å². The Hall–Kier alpha value is -2.41. The topological polar surface area (TPSA) is 81.5 Å². The number of nitrogens with one attached hydrogen (secondary N) is 1. The predicted molar refractivity (Wildman–Crippen MR) is 90.8 cm³/mol. The maximum Gasteiger partial charge on any atom is 0.271 e. The van der Waals surface area contributed by atoms with Crippen molar-refractivity contribution in [2.75, 3.05) is 11.9 Å². The molecule has 0 fully saturated rings. The molecule has 0 saturated carbocycles. The molecule has 120 valence electrons. The summed E-state index contributed by atoms with van der Waals surface area (Å²) in [5.74, 6) is 0.241. The largest absolute Gasteiger partial charge is 0.483 e. The van der Waals surface area contributed by atoms with Crippen LogP contribution >= 0.6 is 15.9 Å². The SMILES string of the molecule is Cc1ccc(C)c(OCC(=O)Nc2cc([N+](=O)[O-])ccc2Br)c1. The van der Waals surface area contributed by atoms with Gasteiger partial charge in [0.15, 0.2) is 6.61 Å². The molecule has 7 heteroatoms. The number of rotatable bonds is 5. The third-order valence-corrected chi connectivity index (χ3v) is 3.83. The number of non-ortho nitro benzene ring substituents is 1. The predicted octanol–water partition coefficient (Wildman–Crippen LogP) is 3.99. The Bertz CT molecular complexity index is 762. The fourth-order valence-electron chi connectivity index (χ4n) is 1.92. The Morgan fingerprint density at radius 3 is 2.70 bits per heavy atom. The third-order valence-electron chi connectivity index (χ3n) is 3.14. The number of amides is 1. The summed E-state index contributed by atoms with van der Waals surface area (Å²) < 4.78 is 6.07. The highest BCUT2D eigenvalue weighted by Gasteiger charge is 2.12. The molecule has 2 rings (SSSR count). The van der Waals surface area contributed by atoms with Crippen LogP contribution in [0.3, 0.4) is 0 Å². The van der Waals surface area contributed by atoms with Gasteiger partial charge in [0.2, 0.25) is 0 Å². The Morgan fingerprint density at radius 2 is 2.00 bits per heavy atom. The Kier molecular flexibility index (Phi) is 5.33. The second kappa shape index (κ2) is 7.23. The van der Waals surface area contributed by atoms with Crippen LogP contribution in [0.15, 0.2) is 40.9 Å². The van der Waals surface area contributed by atoms with Gasteiger partial charge in [-0.05, 0) is 53.0 Å². The summed E-state index contributed by atoms with van der Waals surface area (Å²) in [5.41, 5.74) is 2.19. The second-order valence-corrected chi connectivity index (χ2v) is 5.88. The van der Waals surface area contributed by atoms with Crippen molar-refractivity contribution < 1.29 is 14.5 Å². The minimum atomic E-state index is -0.519. The number of ether oxygens (including phenoxy) is 1. The van der Waals surface area contributed by atoms with E-state index in [0.717, 1.165) is 11.1 Å². The Labute approximate surface area is 141 Å². The number of hydrogen-bond acceptors (Lipinski definition) is 4. The highest BCUT2D eigenvalue weighted by atomic mass is 79.9. The van der Waals surface area contributed by atoms with Gasteiger partial charge >= 0.3 is 0 Å². The monoisotopic (exact) mass is 378 g/mol. The minimum Gasteiger partial charge on any atom is -0.483 e. The fourth-order valence-corrected chi connectivity index (χ4v) is 2.26. The van der Waals surface area contributed by atoms with Crippen molar-refractivity contribution in [1.29, 1.82) is 0 Å². The molecular formula is C16H15BrN2O4. The van der Waals surface area contributed by atoms with Crippen LogP contribution in [0.2, 0.25) is 0 Å². The lowest BCUT2D eigenvalue weighted by Crippen LogP contribution is -2.20. The van der Waals surface area contributed by atoms with E-state index in [0.29, 0.717) is 15.9 Å². The second-order valence-electron chi connectivity index (χ2n) is 5.03. The molecule has 2 aromatic rings. The van der Waals surface area contributed by atoms with E-state index in [-0.39, 0.29) is 12.3 Å². The molecule has 6 nitrogen and oxygen atoms in total. The number of aryl methyl sites for hydroxylation is 2. The summed E-state index contributed by atoms with van der Waals surface area (Å²) in [7, 11) is 0. The van der Waals surface area contributed by atoms with E-state index >= 15 is 0 Å². The molecule has 0 aliphatic heterocycles. The number of carbonyl (C=O) groups is 1. The summed E-state index contributed by atoms with van der Waals surface area (Å²) in [6.07, 6.45) is 0. The minimum absolute atomic E-state index is 0.0982. The van der Waals surface area contributed by atoms with E-state index in [1.165, 1.54) is 18.2 Å². The summed E-state index contributed by atoms with van der Waals surface area (Å²) in [6, 6.07) is 9.89. The van der Waals surface area contributed by atoms with Crippen LogP contribution in [-0.2, 0) is 4.79 Å². The fraction of sp³-hybridized carbons (Fsp3) is 0.188. The van der Waals surface area contributed by atoms with Gasteiger partial charge in [0, 0.05) is 16.6 Å². The molecule has 0 bridgehead atoms. The number of carbonyl (C=O) groups excluding carboxylic acids is 1. The number of nitrogens with zero attached hydrogens (tertiary/aromatic N) is 1. The summed E-state index contributed by atoms with van der Waals surface area (Å²) in [5, 5.41) is 13.4. The van der Waals surface area contributed by atoms with E-state index in [9.17, 15) is 14.9 Å². The van der Waals surface area contributed by atoms with E-state index in [1.807, 2.05) is 32.0 Å². The lowest BCUT2D eigenvalue weighted by molar-refractivity contribution is -0.384. The maximum atomic E-state index is 12.0. The normalized spacial score (nSPS) is 10.2. The standard InChI is InChI=1S/C16H15BrN2O4/c1-10-3-4-11(2)15(7-10)23-9-16(20)18-14-8-12(19(21)22)5-6-13(14)17/h3-8H,9H2,1-2H3,(H,18,20). The third kappa shape index (κ3) is 4.53. The van der Waals surface area contributed by atoms with Gasteiger partial charge in [-0.1, -0.05) is 12.1 Å².